The summed E-state index contributed by atoms with van der Waals surface area (Å²) in [5, 5.41) is 12.9. The van der Waals surface area contributed by atoms with Crippen molar-refractivity contribution in [1.29, 1.82) is 0 Å². The van der Waals surface area contributed by atoms with Gasteiger partial charge in [0.2, 0.25) is 10.0 Å². The van der Waals surface area contributed by atoms with Crippen LogP contribution in [-0.2, 0) is 14.8 Å². The Hall–Kier alpha value is -3.06. The fourth-order valence-electron chi connectivity index (χ4n) is 4.56. The van der Waals surface area contributed by atoms with Gasteiger partial charge in [-0.05, 0) is 63.4 Å². The van der Waals surface area contributed by atoms with Gasteiger partial charge in [-0.1, -0.05) is 6.92 Å². The second-order valence-electron chi connectivity index (χ2n) is 10.7. The van der Waals surface area contributed by atoms with Crippen LogP contribution in [0.15, 0.2) is 42.7 Å². The number of nitrogens with one attached hydrogen (secondary N) is 1. The Morgan fingerprint density at radius 3 is 2.59 bits per heavy atom. The summed E-state index contributed by atoms with van der Waals surface area (Å²) in [4.78, 5) is 32.4. The Labute approximate surface area is 242 Å². The van der Waals surface area contributed by atoms with Crippen LogP contribution in [0.5, 0.6) is 5.75 Å². The topological polar surface area (TPSA) is 138 Å². The molecule has 1 aromatic carbocycles. The number of hydrogen-bond acceptors (Lipinski definition) is 8. The number of aliphatic hydroxyl groups excluding tert-OH is 1. The van der Waals surface area contributed by atoms with Crippen molar-refractivity contribution in [2.75, 3.05) is 44.9 Å². The van der Waals surface area contributed by atoms with Gasteiger partial charge in [-0.3, -0.25) is 14.6 Å². The predicted octanol–water partition coefficient (Wildman–Crippen LogP) is 3.02. The zero-order valence-electron chi connectivity index (χ0n) is 24.4. The van der Waals surface area contributed by atoms with Crippen molar-refractivity contribution < 1.29 is 32.6 Å². The number of aliphatic hydroxyl groups is 1. The number of aromatic nitrogens is 1. The van der Waals surface area contributed by atoms with E-state index in [9.17, 15) is 23.1 Å². The molecule has 0 saturated heterocycles. The van der Waals surface area contributed by atoms with Crippen LogP contribution in [0, 0.1) is 5.92 Å². The molecule has 12 heteroatoms. The molecule has 41 heavy (non-hydrogen) atoms. The molecular weight excluding hydrogens is 548 g/mol. The molecule has 2 aromatic rings. The smallest absolute Gasteiger partial charge is 0.258 e. The Morgan fingerprint density at radius 1 is 1.22 bits per heavy atom. The summed E-state index contributed by atoms with van der Waals surface area (Å²) >= 11 is 0. The molecule has 11 nitrogen and oxygen atoms in total. The monoisotopic (exact) mass is 590 g/mol. The van der Waals surface area contributed by atoms with Crippen LogP contribution >= 0.6 is 0 Å². The maximum absolute atomic E-state index is 14.1. The van der Waals surface area contributed by atoms with E-state index in [0.29, 0.717) is 23.6 Å². The fraction of sp³-hybridized carbons (Fsp3) is 0.552. The van der Waals surface area contributed by atoms with Crippen molar-refractivity contribution in [3.05, 3.63) is 53.9 Å². The number of amides is 2. The first kappa shape index (κ1) is 32.5. The van der Waals surface area contributed by atoms with E-state index >= 15 is 0 Å². The number of anilines is 1. The summed E-state index contributed by atoms with van der Waals surface area (Å²) in [6.45, 7) is 6.08. The summed E-state index contributed by atoms with van der Waals surface area (Å²) < 4.78 is 37.9. The van der Waals surface area contributed by atoms with E-state index in [2.05, 4.69) is 10.3 Å². The number of rotatable bonds is 7. The summed E-state index contributed by atoms with van der Waals surface area (Å²) in [6.07, 6.45) is 5.83. The van der Waals surface area contributed by atoms with Crippen LogP contribution in [0.25, 0.3) is 0 Å². The first-order valence-electron chi connectivity index (χ1n) is 13.9. The molecule has 2 heterocycles. The number of carbonyl (C=O) groups is 2. The average Bonchev–Trinajstić information content (AvgIpc) is 2.94. The largest absolute Gasteiger partial charge is 0.490 e. The number of pyridine rings is 1. The van der Waals surface area contributed by atoms with Gasteiger partial charge < -0.3 is 24.8 Å². The molecule has 3 rings (SSSR count). The molecule has 1 aromatic heterocycles. The number of sulfonamides is 1. The Bertz CT molecular complexity index is 1280. The number of benzene rings is 1. The molecule has 0 spiro atoms. The van der Waals surface area contributed by atoms with Crippen molar-refractivity contribution >= 4 is 27.5 Å². The molecule has 0 fully saturated rings. The highest BCUT2D eigenvalue weighted by Crippen LogP contribution is 2.29. The first-order valence-corrected chi connectivity index (χ1v) is 15.7. The molecule has 2 amide bonds. The van der Waals surface area contributed by atoms with E-state index in [1.165, 1.54) is 23.7 Å². The lowest BCUT2D eigenvalue weighted by Gasteiger charge is -2.35. The number of carbonyl (C=O) groups excluding carboxylic acids is 2. The zero-order chi connectivity index (χ0) is 30.2. The zero-order valence-corrected chi connectivity index (χ0v) is 25.3. The minimum Gasteiger partial charge on any atom is -0.490 e. The fourth-order valence-corrected chi connectivity index (χ4v) is 4.98. The lowest BCUT2D eigenvalue weighted by atomic mass is 10.0. The number of fused-ring (bicyclic) bond motifs is 1. The lowest BCUT2D eigenvalue weighted by molar-refractivity contribution is -0.00828. The summed E-state index contributed by atoms with van der Waals surface area (Å²) in [5.41, 5.74) is 1.09. The number of nitrogens with zero attached hydrogens (tertiary/aromatic N) is 3. The highest BCUT2D eigenvalue weighted by atomic mass is 32.2. The molecule has 0 saturated carbocycles. The summed E-state index contributed by atoms with van der Waals surface area (Å²) in [5.74, 6) is -0.612. The number of ether oxygens (including phenoxy) is 2. The quantitative estimate of drug-likeness (QED) is 0.502. The van der Waals surface area contributed by atoms with E-state index in [1.54, 1.807) is 42.2 Å². The molecule has 2 N–H and O–H groups in total. The van der Waals surface area contributed by atoms with Crippen LogP contribution in [0.1, 0.15) is 60.7 Å². The molecule has 0 radical (unpaired) electrons. The maximum atomic E-state index is 14.1. The predicted molar refractivity (Wildman–Crippen MR) is 157 cm³/mol. The van der Waals surface area contributed by atoms with Gasteiger partial charge in [0.05, 0.1) is 36.7 Å². The molecular formula is C29H42N4O7S. The van der Waals surface area contributed by atoms with E-state index in [-0.39, 0.29) is 49.1 Å². The van der Waals surface area contributed by atoms with E-state index in [4.69, 9.17) is 9.47 Å². The molecule has 0 aliphatic carbocycles. The van der Waals surface area contributed by atoms with Gasteiger partial charge in [-0.2, -0.15) is 0 Å². The van der Waals surface area contributed by atoms with Gasteiger partial charge in [0.15, 0.2) is 0 Å². The Balaban J connectivity index is 1.99. The number of likely N-dealkylation sites (N-methyl/N-ethyl adjacent to an activating group) is 1. The third-order valence-electron chi connectivity index (χ3n) is 7.26. The van der Waals surface area contributed by atoms with Crippen LogP contribution in [0.4, 0.5) is 5.69 Å². The molecule has 1 aliphatic heterocycles. The third-order valence-corrected chi connectivity index (χ3v) is 8.54. The second kappa shape index (κ2) is 14.7. The normalized spacial score (nSPS) is 21.9. The van der Waals surface area contributed by atoms with Crippen molar-refractivity contribution in [3.63, 3.8) is 0 Å². The minimum absolute atomic E-state index is 0.136. The maximum Gasteiger partial charge on any atom is 0.258 e. The minimum atomic E-state index is -3.44. The van der Waals surface area contributed by atoms with Crippen LogP contribution in [-0.4, -0.2) is 97.4 Å². The van der Waals surface area contributed by atoms with Crippen molar-refractivity contribution in [1.82, 2.24) is 14.2 Å². The van der Waals surface area contributed by atoms with Crippen LogP contribution < -0.4 is 10.1 Å². The van der Waals surface area contributed by atoms with Crippen molar-refractivity contribution in [2.24, 2.45) is 5.92 Å². The number of hydrogen-bond donors (Lipinski definition) is 2. The van der Waals surface area contributed by atoms with Gasteiger partial charge in [0.25, 0.3) is 11.8 Å². The lowest BCUT2D eigenvalue weighted by Crippen LogP contribution is -2.47. The molecule has 226 valence electrons. The summed E-state index contributed by atoms with van der Waals surface area (Å²) in [7, 11) is -1.93. The van der Waals surface area contributed by atoms with Gasteiger partial charge >= 0.3 is 0 Å². The molecule has 0 bridgehead atoms. The highest BCUT2D eigenvalue weighted by molar-refractivity contribution is 7.88. The van der Waals surface area contributed by atoms with Crippen molar-refractivity contribution in [3.8, 4) is 5.75 Å². The Kier molecular flexibility index (Phi) is 11.6. The van der Waals surface area contributed by atoms with Crippen LogP contribution in [0.3, 0.4) is 0 Å². The van der Waals surface area contributed by atoms with E-state index < -0.39 is 22.2 Å². The Morgan fingerprint density at radius 2 is 1.93 bits per heavy atom. The van der Waals surface area contributed by atoms with Gasteiger partial charge in [0.1, 0.15) is 5.75 Å². The van der Waals surface area contributed by atoms with Gasteiger partial charge in [-0.15, -0.1) is 0 Å². The SMILES string of the molecule is C[C@@H]1CN([C@@H](C)CO)C(=O)c2cc(NC(=O)c3ccncc3)ccc2O[C@@H](C)CCCCO[C@@H]1CN(C)S(C)(=O)=O. The summed E-state index contributed by atoms with van der Waals surface area (Å²) in [6, 6.07) is 7.59. The standard InChI is InChI=1S/C29H42N4O7S/c1-20-17-33(21(2)19-34)29(36)25-16-24(31-28(35)23-11-13-30-14-12-23)9-10-26(25)40-22(3)8-6-7-15-39-27(20)18-32(4)41(5,37)38/h9-14,16,20-22,27,34H,6-8,15,17-19H2,1-5H3,(H,31,35)/t20-,21+,22+,27-/m1/s1. The first-order chi connectivity index (χ1) is 19.4. The van der Waals surface area contributed by atoms with E-state index in [0.717, 1.165) is 25.5 Å². The molecule has 0 unspecified atom stereocenters. The molecule has 1 aliphatic rings. The average molecular weight is 591 g/mol. The van der Waals surface area contributed by atoms with E-state index in [1.807, 2.05) is 13.8 Å². The molecule has 4 atom stereocenters. The highest BCUT2D eigenvalue weighted by Gasteiger charge is 2.31. The van der Waals surface area contributed by atoms with Gasteiger partial charge in [0, 0.05) is 56.3 Å². The third kappa shape index (κ3) is 9.22. The second-order valence-corrected chi connectivity index (χ2v) is 12.8. The van der Waals surface area contributed by atoms with Crippen molar-refractivity contribution in [2.45, 2.75) is 58.3 Å². The van der Waals surface area contributed by atoms with Gasteiger partial charge in [-0.25, -0.2) is 12.7 Å². The van der Waals surface area contributed by atoms with Crippen LogP contribution in [0.2, 0.25) is 0 Å².